The number of methoxy groups -OCH3 is 3. The Balaban J connectivity index is 3.07. The van der Waals surface area contributed by atoms with E-state index in [1.807, 2.05) is 12.1 Å². The van der Waals surface area contributed by atoms with Crippen LogP contribution in [0, 0.1) is 0 Å². The van der Waals surface area contributed by atoms with Gasteiger partial charge in [0.05, 0.1) is 19.8 Å². The highest BCUT2D eigenvalue weighted by atomic mass is 16.5. The van der Waals surface area contributed by atoms with Crippen molar-refractivity contribution in [1.29, 1.82) is 0 Å². The van der Waals surface area contributed by atoms with Crippen molar-refractivity contribution in [3.8, 4) is 11.5 Å². The van der Waals surface area contributed by atoms with Gasteiger partial charge in [-0.15, -0.1) is 0 Å². The fourth-order valence-electron chi connectivity index (χ4n) is 2.22. The van der Waals surface area contributed by atoms with Gasteiger partial charge in [0.15, 0.2) is 0 Å². The molecule has 0 aliphatic carbocycles. The molecule has 0 saturated carbocycles. The fourth-order valence-corrected chi connectivity index (χ4v) is 2.22. The quantitative estimate of drug-likeness (QED) is 0.794. The molecule has 0 radical (unpaired) electrons. The van der Waals surface area contributed by atoms with Crippen molar-refractivity contribution in [3.05, 3.63) is 23.8 Å². The van der Waals surface area contributed by atoms with E-state index in [-0.39, 0.29) is 11.6 Å². The van der Waals surface area contributed by atoms with Crippen LogP contribution in [0.15, 0.2) is 18.2 Å². The van der Waals surface area contributed by atoms with Crippen LogP contribution >= 0.6 is 0 Å². The third-order valence-electron chi connectivity index (χ3n) is 3.51. The maximum absolute atomic E-state index is 5.55. The fraction of sp³-hybridized carbons (Fsp3) is 0.625. The Kier molecular flexibility index (Phi) is 6.30. The summed E-state index contributed by atoms with van der Waals surface area (Å²) >= 11 is 0. The standard InChI is InChI=1S/C16H27NO3/c1-7-17-14(11-16(2,3)20-6)13-9-8-12(18-4)10-15(13)19-5/h8-10,14,17H,7,11H2,1-6H3. The Morgan fingerprint density at radius 2 is 1.85 bits per heavy atom. The second kappa shape index (κ2) is 7.50. The van der Waals surface area contributed by atoms with Crippen molar-refractivity contribution in [2.75, 3.05) is 27.9 Å². The molecule has 1 aromatic carbocycles. The van der Waals surface area contributed by atoms with E-state index in [4.69, 9.17) is 14.2 Å². The monoisotopic (exact) mass is 281 g/mol. The summed E-state index contributed by atoms with van der Waals surface area (Å²) < 4.78 is 16.3. The first-order chi connectivity index (χ1) is 9.47. The second-order valence-electron chi connectivity index (χ2n) is 5.39. The maximum atomic E-state index is 5.55. The molecule has 0 fully saturated rings. The lowest BCUT2D eigenvalue weighted by atomic mass is 9.93. The van der Waals surface area contributed by atoms with Gasteiger partial charge in [0.2, 0.25) is 0 Å². The van der Waals surface area contributed by atoms with Crippen LogP contribution in [-0.2, 0) is 4.74 Å². The van der Waals surface area contributed by atoms with Gasteiger partial charge in [0.25, 0.3) is 0 Å². The van der Waals surface area contributed by atoms with E-state index in [2.05, 4.69) is 32.2 Å². The Bertz CT molecular complexity index is 418. The van der Waals surface area contributed by atoms with Gasteiger partial charge >= 0.3 is 0 Å². The van der Waals surface area contributed by atoms with E-state index < -0.39 is 0 Å². The number of benzene rings is 1. The second-order valence-corrected chi connectivity index (χ2v) is 5.39. The lowest BCUT2D eigenvalue weighted by Crippen LogP contribution is -2.32. The van der Waals surface area contributed by atoms with Crippen molar-refractivity contribution in [3.63, 3.8) is 0 Å². The number of hydrogen-bond acceptors (Lipinski definition) is 4. The third kappa shape index (κ3) is 4.39. The van der Waals surface area contributed by atoms with Crippen molar-refractivity contribution >= 4 is 0 Å². The summed E-state index contributed by atoms with van der Waals surface area (Å²) in [5.74, 6) is 1.63. The first-order valence-corrected chi connectivity index (χ1v) is 6.97. The smallest absolute Gasteiger partial charge is 0.127 e. The van der Waals surface area contributed by atoms with Crippen molar-refractivity contribution in [1.82, 2.24) is 5.32 Å². The summed E-state index contributed by atoms with van der Waals surface area (Å²) in [4.78, 5) is 0. The zero-order valence-corrected chi connectivity index (χ0v) is 13.4. The highest BCUT2D eigenvalue weighted by Gasteiger charge is 2.25. The molecule has 0 spiro atoms. The molecule has 0 heterocycles. The normalized spacial score (nSPS) is 13.1. The first kappa shape index (κ1) is 16.8. The zero-order valence-electron chi connectivity index (χ0n) is 13.4. The van der Waals surface area contributed by atoms with Gasteiger partial charge in [0, 0.05) is 24.8 Å². The van der Waals surface area contributed by atoms with E-state index in [9.17, 15) is 0 Å². The molecule has 0 bridgehead atoms. The molecule has 1 unspecified atom stereocenters. The summed E-state index contributed by atoms with van der Waals surface area (Å²) in [6.07, 6.45) is 0.861. The average Bonchev–Trinajstić information content (AvgIpc) is 2.46. The Hall–Kier alpha value is -1.26. The predicted octanol–water partition coefficient (Wildman–Crippen LogP) is 3.17. The topological polar surface area (TPSA) is 39.7 Å². The van der Waals surface area contributed by atoms with Crippen LogP contribution in [0.1, 0.15) is 38.8 Å². The molecule has 0 aromatic heterocycles. The van der Waals surface area contributed by atoms with Crippen LogP contribution in [0.5, 0.6) is 11.5 Å². The van der Waals surface area contributed by atoms with Gasteiger partial charge < -0.3 is 19.5 Å². The van der Waals surface area contributed by atoms with Crippen LogP contribution in [0.2, 0.25) is 0 Å². The minimum Gasteiger partial charge on any atom is -0.497 e. The average molecular weight is 281 g/mol. The third-order valence-corrected chi connectivity index (χ3v) is 3.51. The van der Waals surface area contributed by atoms with E-state index in [1.54, 1.807) is 21.3 Å². The minimum atomic E-state index is -0.197. The highest BCUT2D eigenvalue weighted by Crippen LogP contribution is 2.34. The molecule has 0 aliphatic heterocycles. The number of rotatable bonds is 8. The van der Waals surface area contributed by atoms with E-state index >= 15 is 0 Å². The molecular formula is C16H27NO3. The number of nitrogens with one attached hydrogen (secondary N) is 1. The SMILES string of the molecule is CCNC(CC(C)(C)OC)c1ccc(OC)cc1OC. The predicted molar refractivity (Wildman–Crippen MR) is 81.7 cm³/mol. The Morgan fingerprint density at radius 3 is 2.35 bits per heavy atom. The summed E-state index contributed by atoms with van der Waals surface area (Å²) in [5.41, 5.74) is 0.929. The van der Waals surface area contributed by atoms with Gasteiger partial charge in [-0.05, 0) is 32.9 Å². The van der Waals surface area contributed by atoms with Crippen LogP contribution < -0.4 is 14.8 Å². The molecule has 20 heavy (non-hydrogen) atoms. The first-order valence-electron chi connectivity index (χ1n) is 6.97. The summed E-state index contributed by atoms with van der Waals surface area (Å²) in [6.45, 7) is 7.17. The molecule has 1 aromatic rings. The van der Waals surface area contributed by atoms with E-state index in [0.717, 1.165) is 30.0 Å². The van der Waals surface area contributed by atoms with Crippen molar-refractivity contribution in [2.24, 2.45) is 0 Å². The maximum Gasteiger partial charge on any atom is 0.127 e. The van der Waals surface area contributed by atoms with Crippen LogP contribution in [0.25, 0.3) is 0 Å². The van der Waals surface area contributed by atoms with Crippen LogP contribution in [-0.4, -0.2) is 33.5 Å². The molecule has 4 nitrogen and oxygen atoms in total. The van der Waals surface area contributed by atoms with Gasteiger partial charge in [-0.3, -0.25) is 0 Å². The number of ether oxygens (including phenoxy) is 3. The Morgan fingerprint density at radius 1 is 1.15 bits per heavy atom. The molecule has 0 aliphatic rings. The Labute approximate surface area is 122 Å². The summed E-state index contributed by atoms with van der Waals surface area (Å²) in [5, 5.41) is 3.50. The molecule has 1 N–H and O–H groups in total. The lowest BCUT2D eigenvalue weighted by Gasteiger charge is -2.30. The molecular weight excluding hydrogens is 254 g/mol. The molecule has 0 amide bonds. The minimum absolute atomic E-state index is 0.177. The van der Waals surface area contributed by atoms with Gasteiger partial charge in [-0.1, -0.05) is 13.0 Å². The summed E-state index contributed by atoms with van der Waals surface area (Å²) in [7, 11) is 5.08. The highest BCUT2D eigenvalue weighted by molar-refractivity contribution is 5.42. The number of hydrogen-bond donors (Lipinski definition) is 1. The van der Waals surface area contributed by atoms with Crippen LogP contribution in [0.4, 0.5) is 0 Å². The van der Waals surface area contributed by atoms with Crippen molar-refractivity contribution in [2.45, 2.75) is 38.8 Å². The van der Waals surface area contributed by atoms with E-state index in [1.165, 1.54) is 0 Å². The molecule has 0 saturated heterocycles. The van der Waals surface area contributed by atoms with Crippen molar-refractivity contribution < 1.29 is 14.2 Å². The van der Waals surface area contributed by atoms with Gasteiger partial charge in [0.1, 0.15) is 11.5 Å². The van der Waals surface area contributed by atoms with Gasteiger partial charge in [-0.2, -0.15) is 0 Å². The molecule has 4 heteroatoms. The summed E-state index contributed by atoms with van der Waals surface area (Å²) in [6, 6.07) is 6.11. The van der Waals surface area contributed by atoms with Crippen LogP contribution in [0.3, 0.4) is 0 Å². The largest absolute Gasteiger partial charge is 0.497 e. The lowest BCUT2D eigenvalue weighted by molar-refractivity contribution is 0.00681. The van der Waals surface area contributed by atoms with Gasteiger partial charge in [-0.25, -0.2) is 0 Å². The van der Waals surface area contributed by atoms with E-state index in [0.29, 0.717) is 0 Å². The molecule has 1 atom stereocenters. The molecule has 1 rings (SSSR count). The zero-order chi connectivity index (χ0) is 15.2. The molecule has 114 valence electrons.